The minimum absolute atomic E-state index is 0.00564. The highest BCUT2D eigenvalue weighted by atomic mass is 16.6. The first-order chi connectivity index (χ1) is 10.1. The molecule has 0 aromatic heterocycles. The molecule has 116 valence electrons. The van der Waals surface area contributed by atoms with Crippen molar-refractivity contribution in [2.24, 2.45) is 10.9 Å². The van der Waals surface area contributed by atoms with Crippen LogP contribution in [0.2, 0.25) is 0 Å². The first kappa shape index (κ1) is 16.8. The lowest BCUT2D eigenvalue weighted by Gasteiger charge is -2.16. The van der Waals surface area contributed by atoms with E-state index in [1.807, 2.05) is 24.3 Å². The minimum Gasteiger partial charge on any atom is -0.465 e. The Balaban J connectivity index is 2.76. The Morgan fingerprint density at radius 2 is 2.00 bits per heavy atom. The molecule has 0 aliphatic heterocycles. The summed E-state index contributed by atoms with van der Waals surface area (Å²) in [7, 11) is 0. The fourth-order valence-corrected chi connectivity index (χ4v) is 1.75. The molecule has 1 rings (SSSR count). The van der Waals surface area contributed by atoms with E-state index in [0.717, 1.165) is 12.0 Å². The Morgan fingerprint density at radius 1 is 1.38 bits per heavy atom. The van der Waals surface area contributed by atoms with E-state index in [4.69, 9.17) is 20.8 Å². The van der Waals surface area contributed by atoms with Crippen molar-refractivity contribution in [2.45, 2.75) is 25.8 Å². The third-order valence-corrected chi connectivity index (χ3v) is 2.88. The van der Waals surface area contributed by atoms with Gasteiger partial charge in [0.2, 0.25) is 0 Å². The van der Waals surface area contributed by atoms with Crippen molar-refractivity contribution in [2.75, 3.05) is 13.2 Å². The summed E-state index contributed by atoms with van der Waals surface area (Å²) in [6.45, 7) is 1.88. The summed E-state index contributed by atoms with van der Waals surface area (Å²) in [6.07, 6.45) is 0.120. The van der Waals surface area contributed by atoms with Crippen LogP contribution in [0.15, 0.2) is 29.4 Å². The Kier molecular flexibility index (Phi) is 7.03. The number of aliphatic hydroxyl groups excluding tert-OH is 1. The molecule has 0 aliphatic carbocycles. The van der Waals surface area contributed by atoms with E-state index in [-0.39, 0.29) is 19.0 Å². The fourth-order valence-electron chi connectivity index (χ4n) is 1.75. The van der Waals surface area contributed by atoms with Crippen molar-refractivity contribution in [3.05, 3.63) is 35.4 Å². The molecule has 21 heavy (non-hydrogen) atoms. The third-order valence-electron chi connectivity index (χ3n) is 2.88. The second-order valence-electron chi connectivity index (χ2n) is 4.45. The molecule has 1 aromatic rings. The van der Waals surface area contributed by atoms with Crippen LogP contribution in [0.4, 0.5) is 4.79 Å². The van der Waals surface area contributed by atoms with E-state index in [9.17, 15) is 4.79 Å². The van der Waals surface area contributed by atoms with Gasteiger partial charge in [-0.3, -0.25) is 0 Å². The van der Waals surface area contributed by atoms with Crippen LogP contribution in [-0.4, -0.2) is 41.4 Å². The first-order valence-corrected chi connectivity index (χ1v) is 6.70. The number of rotatable bonds is 8. The second-order valence-corrected chi connectivity index (χ2v) is 4.45. The highest BCUT2D eigenvalue weighted by Gasteiger charge is 2.17. The SMILES string of the molecule is CCc1ccc(CC(NC(=O)O)C(N)=NOCCO)cc1. The zero-order valence-electron chi connectivity index (χ0n) is 12.0. The topological polar surface area (TPSA) is 117 Å². The number of carboxylic acid groups (broad SMARTS) is 1. The van der Waals surface area contributed by atoms with Crippen LogP contribution < -0.4 is 11.1 Å². The van der Waals surface area contributed by atoms with E-state index in [0.29, 0.717) is 6.42 Å². The van der Waals surface area contributed by atoms with E-state index in [1.165, 1.54) is 5.56 Å². The summed E-state index contributed by atoms with van der Waals surface area (Å²) in [5.41, 5.74) is 7.87. The summed E-state index contributed by atoms with van der Waals surface area (Å²) in [6, 6.07) is 7.15. The average Bonchev–Trinajstić information content (AvgIpc) is 2.47. The number of amidine groups is 1. The molecule has 0 radical (unpaired) electrons. The normalized spacial score (nSPS) is 12.8. The lowest BCUT2D eigenvalue weighted by Crippen LogP contribution is -2.45. The lowest BCUT2D eigenvalue weighted by molar-refractivity contribution is 0.0974. The standard InChI is InChI=1S/C14H21N3O4/c1-2-10-3-5-11(6-4-10)9-12(16-14(19)20)13(15)17-21-8-7-18/h3-6,12,16,18H,2,7-9H2,1H3,(H2,15,17)(H,19,20). The molecular weight excluding hydrogens is 274 g/mol. The number of hydrogen-bond acceptors (Lipinski definition) is 4. The van der Waals surface area contributed by atoms with Crippen molar-refractivity contribution in [3.63, 3.8) is 0 Å². The van der Waals surface area contributed by atoms with Crippen LogP contribution in [0.5, 0.6) is 0 Å². The highest BCUT2D eigenvalue weighted by Crippen LogP contribution is 2.08. The number of carbonyl (C=O) groups is 1. The van der Waals surface area contributed by atoms with Gasteiger partial charge in [0.25, 0.3) is 0 Å². The Hall–Kier alpha value is -2.28. The zero-order valence-corrected chi connectivity index (χ0v) is 12.0. The summed E-state index contributed by atoms with van der Waals surface area (Å²) in [4.78, 5) is 15.6. The summed E-state index contributed by atoms with van der Waals surface area (Å²) < 4.78 is 0. The lowest BCUT2D eigenvalue weighted by atomic mass is 10.0. The maximum atomic E-state index is 10.8. The maximum Gasteiger partial charge on any atom is 0.405 e. The molecule has 0 fully saturated rings. The number of amides is 1. The molecule has 1 aromatic carbocycles. The van der Waals surface area contributed by atoms with Crippen LogP contribution in [0.1, 0.15) is 18.1 Å². The summed E-state index contributed by atoms with van der Waals surface area (Å²) in [5, 5.41) is 23.4. The van der Waals surface area contributed by atoms with E-state index in [1.54, 1.807) is 0 Å². The molecule has 0 aliphatic rings. The Labute approximate surface area is 123 Å². The molecule has 1 atom stereocenters. The molecule has 0 heterocycles. The molecular formula is C14H21N3O4. The number of oxime groups is 1. The quantitative estimate of drug-likeness (QED) is 0.244. The number of nitrogens with zero attached hydrogens (tertiary/aromatic N) is 1. The van der Waals surface area contributed by atoms with Gasteiger partial charge < -0.3 is 26.1 Å². The molecule has 7 nitrogen and oxygen atoms in total. The predicted molar refractivity (Wildman–Crippen MR) is 79.1 cm³/mol. The third kappa shape index (κ3) is 6.13. The Morgan fingerprint density at radius 3 is 2.52 bits per heavy atom. The van der Waals surface area contributed by atoms with Gasteiger partial charge in [-0.1, -0.05) is 36.3 Å². The molecule has 1 unspecified atom stereocenters. The fraction of sp³-hybridized carbons (Fsp3) is 0.429. The number of nitrogens with one attached hydrogen (secondary N) is 1. The van der Waals surface area contributed by atoms with Crippen LogP contribution in [0.25, 0.3) is 0 Å². The van der Waals surface area contributed by atoms with Gasteiger partial charge in [0.15, 0.2) is 5.84 Å². The summed E-state index contributed by atoms with van der Waals surface area (Å²) >= 11 is 0. The van der Waals surface area contributed by atoms with E-state index >= 15 is 0 Å². The molecule has 5 N–H and O–H groups in total. The molecule has 0 bridgehead atoms. The van der Waals surface area contributed by atoms with Crippen molar-refractivity contribution >= 4 is 11.9 Å². The van der Waals surface area contributed by atoms with Gasteiger partial charge in [0.05, 0.1) is 12.6 Å². The highest BCUT2D eigenvalue weighted by molar-refractivity contribution is 5.88. The number of hydrogen-bond donors (Lipinski definition) is 4. The van der Waals surface area contributed by atoms with Crippen LogP contribution >= 0.6 is 0 Å². The summed E-state index contributed by atoms with van der Waals surface area (Å²) in [5.74, 6) is 0.0189. The van der Waals surface area contributed by atoms with Crippen molar-refractivity contribution in [1.82, 2.24) is 5.32 Å². The first-order valence-electron chi connectivity index (χ1n) is 6.70. The van der Waals surface area contributed by atoms with Gasteiger partial charge in [-0.25, -0.2) is 4.79 Å². The number of aliphatic hydroxyl groups is 1. The van der Waals surface area contributed by atoms with Crippen LogP contribution in [0.3, 0.4) is 0 Å². The molecule has 1 amide bonds. The smallest absolute Gasteiger partial charge is 0.405 e. The van der Waals surface area contributed by atoms with Crippen LogP contribution in [0, 0.1) is 0 Å². The van der Waals surface area contributed by atoms with Gasteiger partial charge in [-0.15, -0.1) is 0 Å². The number of nitrogens with two attached hydrogens (primary N) is 1. The van der Waals surface area contributed by atoms with Crippen molar-refractivity contribution in [3.8, 4) is 0 Å². The largest absolute Gasteiger partial charge is 0.465 e. The van der Waals surface area contributed by atoms with Crippen molar-refractivity contribution < 1.29 is 19.8 Å². The Bertz CT molecular complexity index is 474. The van der Waals surface area contributed by atoms with Gasteiger partial charge in [-0.2, -0.15) is 0 Å². The van der Waals surface area contributed by atoms with Crippen LogP contribution in [-0.2, 0) is 17.7 Å². The van der Waals surface area contributed by atoms with Gasteiger partial charge in [0.1, 0.15) is 6.61 Å². The van der Waals surface area contributed by atoms with E-state index in [2.05, 4.69) is 17.4 Å². The second kappa shape index (κ2) is 8.80. The van der Waals surface area contributed by atoms with E-state index < -0.39 is 12.1 Å². The molecule has 0 saturated carbocycles. The zero-order chi connectivity index (χ0) is 15.7. The molecule has 7 heteroatoms. The minimum atomic E-state index is -1.19. The van der Waals surface area contributed by atoms with Crippen molar-refractivity contribution in [1.29, 1.82) is 0 Å². The monoisotopic (exact) mass is 295 g/mol. The molecule has 0 saturated heterocycles. The molecule has 0 spiro atoms. The number of benzene rings is 1. The number of aryl methyl sites for hydroxylation is 1. The van der Waals surface area contributed by atoms with Gasteiger partial charge in [-0.05, 0) is 17.5 Å². The average molecular weight is 295 g/mol. The maximum absolute atomic E-state index is 10.8. The predicted octanol–water partition coefficient (Wildman–Crippen LogP) is 0.709. The van der Waals surface area contributed by atoms with Gasteiger partial charge in [0, 0.05) is 6.42 Å². The van der Waals surface area contributed by atoms with Gasteiger partial charge >= 0.3 is 6.09 Å².